The van der Waals surface area contributed by atoms with Crippen molar-refractivity contribution in [2.24, 2.45) is 0 Å². The highest BCUT2D eigenvalue weighted by atomic mass is 35.5. The van der Waals surface area contributed by atoms with Crippen molar-refractivity contribution in [2.45, 2.75) is 27.7 Å². The molecule has 168 valence electrons. The van der Waals surface area contributed by atoms with Gasteiger partial charge in [-0.25, -0.2) is 4.90 Å². The van der Waals surface area contributed by atoms with Crippen LogP contribution in [0.3, 0.4) is 0 Å². The number of imide groups is 1. The van der Waals surface area contributed by atoms with Gasteiger partial charge in [-0.15, -0.1) is 0 Å². The summed E-state index contributed by atoms with van der Waals surface area (Å²) in [6.07, 6.45) is 0. The molecule has 33 heavy (non-hydrogen) atoms. The highest BCUT2D eigenvalue weighted by molar-refractivity contribution is 6.46. The molecule has 1 aliphatic rings. The van der Waals surface area contributed by atoms with Crippen LogP contribution in [-0.4, -0.2) is 18.4 Å². The Morgan fingerprint density at radius 3 is 2.36 bits per heavy atom. The summed E-state index contributed by atoms with van der Waals surface area (Å²) in [5.41, 5.74) is 5.01. The molecular weight excluding hydrogens is 436 g/mol. The van der Waals surface area contributed by atoms with Gasteiger partial charge in [-0.1, -0.05) is 41.9 Å². The molecule has 0 atom stereocenters. The lowest BCUT2D eigenvalue weighted by Crippen LogP contribution is -2.33. The highest BCUT2D eigenvalue weighted by Gasteiger charge is 2.41. The minimum absolute atomic E-state index is 0.218. The van der Waals surface area contributed by atoms with Crippen LogP contribution in [-0.2, 0) is 9.59 Å². The van der Waals surface area contributed by atoms with Gasteiger partial charge in [0, 0.05) is 10.7 Å². The summed E-state index contributed by atoms with van der Waals surface area (Å²) < 4.78 is 5.53. The quantitative estimate of drug-likeness (QED) is 0.454. The molecule has 4 rings (SSSR count). The Bertz CT molecular complexity index is 1280. The van der Waals surface area contributed by atoms with E-state index in [1.165, 1.54) is 4.90 Å². The van der Waals surface area contributed by atoms with Crippen LogP contribution < -0.4 is 15.0 Å². The van der Waals surface area contributed by atoms with E-state index in [1.54, 1.807) is 36.4 Å². The lowest BCUT2D eigenvalue weighted by atomic mass is 10.0. The SMILES string of the molecule is CCOc1ccc(C2=C(Nc3cccc(Cl)c3C)C(=O)N(c3cc(C)ccc3C)C2=O)cc1. The van der Waals surface area contributed by atoms with Crippen molar-refractivity contribution in [3.63, 3.8) is 0 Å². The van der Waals surface area contributed by atoms with Crippen molar-refractivity contribution in [3.8, 4) is 5.75 Å². The smallest absolute Gasteiger partial charge is 0.282 e. The molecule has 6 heteroatoms. The van der Waals surface area contributed by atoms with Crippen LogP contribution in [0.5, 0.6) is 5.75 Å². The largest absolute Gasteiger partial charge is 0.494 e. The van der Waals surface area contributed by atoms with Crippen molar-refractivity contribution >= 4 is 40.4 Å². The molecule has 2 amide bonds. The van der Waals surface area contributed by atoms with Gasteiger partial charge in [-0.2, -0.15) is 0 Å². The molecule has 0 fully saturated rings. The fourth-order valence-electron chi connectivity index (χ4n) is 3.85. The first kappa shape index (κ1) is 22.6. The molecule has 3 aromatic rings. The van der Waals surface area contributed by atoms with E-state index in [4.69, 9.17) is 16.3 Å². The topological polar surface area (TPSA) is 58.6 Å². The van der Waals surface area contributed by atoms with E-state index in [2.05, 4.69) is 5.32 Å². The fourth-order valence-corrected chi connectivity index (χ4v) is 4.03. The number of anilines is 2. The van der Waals surface area contributed by atoms with Crippen molar-refractivity contribution in [1.82, 2.24) is 0 Å². The predicted octanol–water partition coefficient (Wildman–Crippen LogP) is 6.06. The number of hydrogen-bond acceptors (Lipinski definition) is 4. The van der Waals surface area contributed by atoms with E-state index in [-0.39, 0.29) is 11.6 Å². The van der Waals surface area contributed by atoms with E-state index < -0.39 is 5.91 Å². The molecule has 0 aliphatic carbocycles. The molecule has 0 unspecified atom stereocenters. The van der Waals surface area contributed by atoms with E-state index in [9.17, 15) is 9.59 Å². The summed E-state index contributed by atoms with van der Waals surface area (Å²) in [6, 6.07) is 18.3. The van der Waals surface area contributed by atoms with Gasteiger partial charge in [0.1, 0.15) is 11.4 Å². The molecule has 3 aromatic carbocycles. The lowest BCUT2D eigenvalue weighted by Gasteiger charge is -2.18. The molecular formula is C27H25ClN2O3. The second kappa shape index (κ2) is 9.12. The minimum Gasteiger partial charge on any atom is -0.494 e. The highest BCUT2D eigenvalue weighted by Crippen LogP contribution is 2.37. The second-order valence-electron chi connectivity index (χ2n) is 7.98. The maximum absolute atomic E-state index is 13.7. The number of amides is 2. The maximum Gasteiger partial charge on any atom is 0.282 e. The number of benzene rings is 3. The number of carbonyl (C=O) groups excluding carboxylic acids is 2. The zero-order chi connectivity index (χ0) is 23.7. The van der Waals surface area contributed by atoms with Crippen molar-refractivity contribution in [2.75, 3.05) is 16.8 Å². The van der Waals surface area contributed by atoms with E-state index in [1.807, 2.05) is 52.0 Å². The molecule has 0 aromatic heterocycles. The van der Waals surface area contributed by atoms with Crippen molar-refractivity contribution < 1.29 is 14.3 Å². The molecule has 1 aliphatic heterocycles. The molecule has 1 heterocycles. The average molecular weight is 461 g/mol. The summed E-state index contributed by atoms with van der Waals surface area (Å²) in [5, 5.41) is 3.78. The molecule has 0 saturated heterocycles. The van der Waals surface area contributed by atoms with Crippen LogP contribution in [0.4, 0.5) is 11.4 Å². The number of nitrogens with one attached hydrogen (secondary N) is 1. The van der Waals surface area contributed by atoms with E-state index in [0.29, 0.717) is 39.9 Å². The average Bonchev–Trinajstić information content (AvgIpc) is 3.03. The van der Waals surface area contributed by atoms with Crippen LogP contribution in [0.15, 0.2) is 66.4 Å². The van der Waals surface area contributed by atoms with Gasteiger partial charge in [0.15, 0.2) is 0 Å². The summed E-state index contributed by atoms with van der Waals surface area (Å²) in [5.74, 6) is -0.0813. The third-order valence-corrected chi connectivity index (χ3v) is 6.08. The second-order valence-corrected chi connectivity index (χ2v) is 8.39. The van der Waals surface area contributed by atoms with E-state index >= 15 is 0 Å². The third-order valence-electron chi connectivity index (χ3n) is 5.67. The summed E-state index contributed by atoms with van der Waals surface area (Å²) >= 11 is 6.30. The number of carbonyl (C=O) groups is 2. The van der Waals surface area contributed by atoms with Gasteiger partial charge in [0.25, 0.3) is 11.8 Å². The summed E-state index contributed by atoms with van der Waals surface area (Å²) in [4.78, 5) is 28.6. The summed E-state index contributed by atoms with van der Waals surface area (Å²) in [6.45, 7) is 8.14. The van der Waals surface area contributed by atoms with Crippen LogP contribution in [0.1, 0.15) is 29.2 Å². The number of rotatable bonds is 6. The molecule has 0 radical (unpaired) electrons. The normalized spacial score (nSPS) is 13.7. The van der Waals surface area contributed by atoms with Gasteiger partial charge >= 0.3 is 0 Å². The first-order valence-corrected chi connectivity index (χ1v) is 11.1. The van der Waals surface area contributed by atoms with Gasteiger partial charge in [-0.3, -0.25) is 9.59 Å². The Morgan fingerprint density at radius 2 is 1.67 bits per heavy atom. The van der Waals surface area contributed by atoms with Crippen LogP contribution in [0, 0.1) is 20.8 Å². The van der Waals surface area contributed by atoms with E-state index in [0.717, 1.165) is 16.7 Å². The van der Waals surface area contributed by atoms with Crippen LogP contribution in [0.2, 0.25) is 5.02 Å². The fraction of sp³-hybridized carbons (Fsp3) is 0.185. The number of halogens is 1. The van der Waals surface area contributed by atoms with Crippen LogP contribution >= 0.6 is 11.6 Å². The van der Waals surface area contributed by atoms with Gasteiger partial charge < -0.3 is 10.1 Å². The molecule has 0 spiro atoms. The number of hydrogen-bond donors (Lipinski definition) is 1. The Hall–Kier alpha value is -3.57. The molecule has 0 bridgehead atoms. The van der Waals surface area contributed by atoms with Crippen molar-refractivity contribution in [1.29, 1.82) is 0 Å². The third kappa shape index (κ3) is 4.24. The van der Waals surface area contributed by atoms with Crippen molar-refractivity contribution in [3.05, 3.63) is 93.6 Å². The minimum atomic E-state index is -0.406. The zero-order valence-corrected chi connectivity index (χ0v) is 19.8. The predicted molar refractivity (Wildman–Crippen MR) is 133 cm³/mol. The first-order valence-electron chi connectivity index (χ1n) is 10.8. The Labute approximate surface area is 198 Å². The number of nitrogens with zero attached hydrogens (tertiary/aromatic N) is 1. The summed E-state index contributed by atoms with van der Waals surface area (Å²) in [7, 11) is 0. The van der Waals surface area contributed by atoms with Gasteiger partial charge in [-0.05, 0) is 80.3 Å². The molecule has 0 saturated carbocycles. The Morgan fingerprint density at radius 1 is 0.939 bits per heavy atom. The maximum atomic E-state index is 13.7. The first-order chi connectivity index (χ1) is 15.8. The molecule has 1 N–H and O–H groups in total. The van der Waals surface area contributed by atoms with Crippen LogP contribution in [0.25, 0.3) is 5.57 Å². The van der Waals surface area contributed by atoms with Gasteiger partial charge in [0.05, 0.1) is 17.9 Å². The number of aryl methyl sites for hydroxylation is 2. The standard InChI is InChI=1S/C27H25ClN2O3/c1-5-33-20-13-11-19(12-14-20)24-25(29-22-8-6-7-21(28)18(22)4)27(32)30(26(24)31)23-15-16(2)9-10-17(23)3/h6-15,29H,5H2,1-4H3. The Kier molecular flexibility index (Phi) is 6.25. The monoisotopic (exact) mass is 460 g/mol. The molecule has 5 nitrogen and oxygen atoms in total. The Balaban J connectivity index is 1.85. The zero-order valence-electron chi connectivity index (χ0n) is 19.0. The number of ether oxygens (including phenoxy) is 1. The van der Waals surface area contributed by atoms with Gasteiger partial charge in [0.2, 0.25) is 0 Å². The lowest BCUT2D eigenvalue weighted by molar-refractivity contribution is -0.120.